The summed E-state index contributed by atoms with van der Waals surface area (Å²) < 4.78 is 0. The second-order valence-corrected chi connectivity index (χ2v) is 7.12. The lowest BCUT2D eigenvalue weighted by molar-refractivity contribution is 0.262. The number of nitrogens with zero attached hydrogens (tertiary/aromatic N) is 1. The summed E-state index contributed by atoms with van der Waals surface area (Å²) in [6.45, 7) is 3.59. The molecule has 1 aliphatic rings. The van der Waals surface area contributed by atoms with Gasteiger partial charge in [0.2, 0.25) is 0 Å². The molecule has 116 valence electrons. The summed E-state index contributed by atoms with van der Waals surface area (Å²) in [6, 6.07) is 19.9. The van der Waals surface area contributed by atoms with Gasteiger partial charge in [-0.3, -0.25) is 0 Å². The topological polar surface area (TPSA) is 3.24 Å². The Kier molecular flexibility index (Phi) is 4.56. The second-order valence-electron chi connectivity index (χ2n) is 6.69. The van der Waals surface area contributed by atoms with Gasteiger partial charge in [-0.1, -0.05) is 61.0 Å². The smallest absolute Gasteiger partial charge is 0.0406 e. The quantitative estimate of drug-likeness (QED) is 0.756. The van der Waals surface area contributed by atoms with Gasteiger partial charge in [-0.25, -0.2) is 0 Å². The van der Waals surface area contributed by atoms with Gasteiger partial charge in [0, 0.05) is 16.5 Å². The molecule has 0 aromatic heterocycles. The van der Waals surface area contributed by atoms with Gasteiger partial charge in [0.1, 0.15) is 0 Å². The van der Waals surface area contributed by atoms with E-state index >= 15 is 0 Å². The third kappa shape index (κ3) is 3.06. The third-order valence-electron chi connectivity index (χ3n) is 5.21. The minimum absolute atomic E-state index is 0.0229. The molecule has 2 aromatic rings. The molecule has 2 atom stereocenters. The van der Waals surface area contributed by atoms with E-state index in [1.165, 1.54) is 30.5 Å². The number of rotatable bonds is 4. The molecule has 1 fully saturated rings. The first kappa shape index (κ1) is 15.6. The monoisotopic (exact) mass is 313 g/mol. The van der Waals surface area contributed by atoms with Crippen LogP contribution in [0.25, 0.3) is 0 Å². The fourth-order valence-corrected chi connectivity index (χ4v) is 3.86. The van der Waals surface area contributed by atoms with Crippen molar-refractivity contribution in [1.29, 1.82) is 0 Å². The van der Waals surface area contributed by atoms with Gasteiger partial charge < -0.3 is 4.90 Å². The first-order chi connectivity index (χ1) is 10.6. The van der Waals surface area contributed by atoms with E-state index in [0.29, 0.717) is 6.04 Å². The van der Waals surface area contributed by atoms with Crippen molar-refractivity contribution in [2.45, 2.75) is 37.6 Å². The van der Waals surface area contributed by atoms with Crippen LogP contribution in [0.2, 0.25) is 5.02 Å². The minimum Gasteiger partial charge on any atom is -0.303 e. The van der Waals surface area contributed by atoms with Crippen LogP contribution in [0.4, 0.5) is 0 Å². The Labute approximate surface area is 138 Å². The molecule has 1 saturated heterocycles. The van der Waals surface area contributed by atoms with E-state index < -0.39 is 0 Å². The summed E-state index contributed by atoms with van der Waals surface area (Å²) in [4.78, 5) is 2.51. The largest absolute Gasteiger partial charge is 0.303 e. The second kappa shape index (κ2) is 6.44. The highest BCUT2D eigenvalue weighted by Gasteiger charge is 2.34. The van der Waals surface area contributed by atoms with Crippen molar-refractivity contribution in [3.8, 4) is 0 Å². The van der Waals surface area contributed by atoms with Crippen molar-refractivity contribution >= 4 is 11.6 Å². The Morgan fingerprint density at radius 2 is 1.68 bits per heavy atom. The normalized spacial score (nSPS) is 21.7. The van der Waals surface area contributed by atoms with Gasteiger partial charge in [-0.05, 0) is 56.1 Å². The molecule has 0 radical (unpaired) electrons. The van der Waals surface area contributed by atoms with Crippen LogP contribution >= 0.6 is 11.6 Å². The van der Waals surface area contributed by atoms with Crippen molar-refractivity contribution in [3.05, 3.63) is 70.7 Å². The van der Waals surface area contributed by atoms with Gasteiger partial charge >= 0.3 is 0 Å². The standard InChI is InChI=1S/C20H24ClN/c1-20(16-7-4-3-5-8-16,15-19-9-6-14-22(19)2)17-10-12-18(21)13-11-17/h3-5,7-8,10-13,19H,6,9,14-15H2,1-2H3. The molecule has 1 heterocycles. The molecule has 1 nitrogen and oxygen atoms in total. The number of benzene rings is 2. The van der Waals surface area contributed by atoms with Gasteiger partial charge in [0.25, 0.3) is 0 Å². The number of likely N-dealkylation sites (tertiary alicyclic amines) is 1. The summed E-state index contributed by atoms with van der Waals surface area (Å²) >= 11 is 6.09. The summed E-state index contributed by atoms with van der Waals surface area (Å²) in [7, 11) is 2.25. The van der Waals surface area contributed by atoms with E-state index in [2.05, 4.69) is 61.3 Å². The molecule has 1 aliphatic heterocycles. The maximum atomic E-state index is 6.09. The van der Waals surface area contributed by atoms with Gasteiger partial charge in [-0.2, -0.15) is 0 Å². The molecular formula is C20H24ClN. The molecule has 2 unspecified atom stereocenters. The van der Waals surface area contributed by atoms with Crippen molar-refractivity contribution < 1.29 is 0 Å². The van der Waals surface area contributed by atoms with Crippen molar-refractivity contribution in [2.24, 2.45) is 0 Å². The molecule has 0 amide bonds. The van der Waals surface area contributed by atoms with E-state index in [9.17, 15) is 0 Å². The Hall–Kier alpha value is -1.31. The maximum absolute atomic E-state index is 6.09. The van der Waals surface area contributed by atoms with Crippen molar-refractivity contribution in [2.75, 3.05) is 13.6 Å². The summed E-state index contributed by atoms with van der Waals surface area (Å²) in [5, 5.41) is 0.803. The first-order valence-corrected chi connectivity index (χ1v) is 8.49. The Balaban J connectivity index is 1.99. The maximum Gasteiger partial charge on any atom is 0.0406 e. The van der Waals surface area contributed by atoms with Gasteiger partial charge in [-0.15, -0.1) is 0 Å². The van der Waals surface area contributed by atoms with Crippen LogP contribution < -0.4 is 0 Å². The van der Waals surface area contributed by atoms with E-state index in [0.717, 1.165) is 11.4 Å². The molecule has 0 saturated carbocycles. The molecule has 0 aliphatic carbocycles. The fraction of sp³-hybridized carbons (Fsp3) is 0.400. The van der Waals surface area contributed by atoms with Gasteiger partial charge in [0.05, 0.1) is 0 Å². The van der Waals surface area contributed by atoms with E-state index in [-0.39, 0.29) is 5.41 Å². The minimum atomic E-state index is 0.0229. The zero-order chi connectivity index (χ0) is 15.6. The van der Waals surface area contributed by atoms with Crippen LogP contribution in [0.15, 0.2) is 54.6 Å². The van der Waals surface area contributed by atoms with Gasteiger partial charge in [0.15, 0.2) is 0 Å². The highest BCUT2D eigenvalue weighted by atomic mass is 35.5. The SMILES string of the molecule is CN1CCCC1CC(C)(c1ccccc1)c1ccc(Cl)cc1. The molecule has 2 aromatic carbocycles. The predicted molar refractivity (Wildman–Crippen MR) is 94.6 cm³/mol. The average molecular weight is 314 g/mol. The zero-order valence-electron chi connectivity index (χ0n) is 13.4. The highest BCUT2D eigenvalue weighted by molar-refractivity contribution is 6.30. The molecule has 0 N–H and O–H groups in total. The van der Waals surface area contributed by atoms with E-state index in [1.807, 2.05) is 12.1 Å². The summed E-state index contributed by atoms with van der Waals surface area (Å²) in [5.41, 5.74) is 2.76. The van der Waals surface area contributed by atoms with Crippen LogP contribution in [0.5, 0.6) is 0 Å². The number of hydrogen-bond donors (Lipinski definition) is 0. The summed E-state index contributed by atoms with van der Waals surface area (Å²) in [5.74, 6) is 0. The lowest BCUT2D eigenvalue weighted by Gasteiger charge is -2.35. The van der Waals surface area contributed by atoms with Crippen LogP contribution in [0, 0.1) is 0 Å². The number of halogens is 1. The molecule has 2 heteroatoms. The van der Waals surface area contributed by atoms with Crippen molar-refractivity contribution in [1.82, 2.24) is 4.90 Å². The lowest BCUT2D eigenvalue weighted by Crippen LogP contribution is -2.35. The van der Waals surface area contributed by atoms with Crippen LogP contribution in [0.3, 0.4) is 0 Å². The molecule has 0 spiro atoms. The lowest BCUT2D eigenvalue weighted by atomic mass is 9.71. The van der Waals surface area contributed by atoms with Crippen LogP contribution in [-0.4, -0.2) is 24.5 Å². The van der Waals surface area contributed by atoms with E-state index in [1.54, 1.807) is 0 Å². The Bertz CT molecular complexity index is 607. The predicted octanol–water partition coefficient (Wildman–Crippen LogP) is 5.13. The fourth-order valence-electron chi connectivity index (χ4n) is 3.73. The number of hydrogen-bond acceptors (Lipinski definition) is 1. The van der Waals surface area contributed by atoms with Crippen molar-refractivity contribution in [3.63, 3.8) is 0 Å². The zero-order valence-corrected chi connectivity index (χ0v) is 14.2. The third-order valence-corrected chi connectivity index (χ3v) is 5.46. The molecule has 22 heavy (non-hydrogen) atoms. The molecule has 0 bridgehead atoms. The highest BCUT2D eigenvalue weighted by Crippen LogP contribution is 2.39. The Morgan fingerprint density at radius 1 is 1.05 bits per heavy atom. The molecular weight excluding hydrogens is 290 g/mol. The summed E-state index contributed by atoms with van der Waals surface area (Å²) in [6.07, 6.45) is 3.76. The van der Waals surface area contributed by atoms with Crippen LogP contribution in [0.1, 0.15) is 37.3 Å². The Morgan fingerprint density at radius 3 is 2.27 bits per heavy atom. The van der Waals surface area contributed by atoms with E-state index in [4.69, 9.17) is 11.6 Å². The molecule has 3 rings (SSSR count). The first-order valence-electron chi connectivity index (χ1n) is 8.11. The average Bonchev–Trinajstić information content (AvgIpc) is 2.93. The van der Waals surface area contributed by atoms with Crippen LogP contribution in [-0.2, 0) is 5.41 Å².